The number of anilines is 1. The molecule has 4 rings (SSSR count). The Hall–Kier alpha value is -2.43. The summed E-state index contributed by atoms with van der Waals surface area (Å²) in [5.41, 5.74) is 1.16. The Labute approximate surface area is 195 Å². The first kappa shape index (κ1) is 23.7. The van der Waals surface area contributed by atoms with Crippen molar-refractivity contribution in [1.29, 1.82) is 0 Å². The Morgan fingerprint density at radius 2 is 1.91 bits per heavy atom. The molecule has 1 spiro atoms. The van der Waals surface area contributed by atoms with Crippen LogP contribution < -0.4 is 14.8 Å². The van der Waals surface area contributed by atoms with Crippen LogP contribution in [0.3, 0.4) is 0 Å². The first-order valence-corrected chi connectivity index (χ1v) is 12.6. The second-order valence-electron chi connectivity index (χ2n) is 8.18. The van der Waals surface area contributed by atoms with E-state index < -0.39 is 27.6 Å². The number of ether oxygens (including phenoxy) is 2. The number of fused-ring (bicyclic) bond motifs is 2. The molecule has 7 nitrogen and oxygen atoms in total. The molecular weight excluding hydrogens is 478 g/mol. The van der Waals surface area contributed by atoms with E-state index >= 15 is 0 Å². The maximum absolute atomic E-state index is 12.7. The van der Waals surface area contributed by atoms with Crippen LogP contribution in [0.15, 0.2) is 41.3 Å². The standard InChI is InChI=1S/C22H23ClF2N2O5S/c1-33(29,30)19-5-3-15(13-18(19)32-21(24)25)31-11-10-27-8-6-22(7-9-27)16-12-14(23)2-4-17(16)26-20(22)28/h2-5,12-13,21H,6-11H2,1H3,(H,26,28). The second kappa shape index (κ2) is 9.08. The summed E-state index contributed by atoms with van der Waals surface area (Å²) in [6.45, 7) is -0.994. The van der Waals surface area contributed by atoms with E-state index in [2.05, 4.69) is 15.0 Å². The van der Waals surface area contributed by atoms with Gasteiger partial charge in [-0.25, -0.2) is 8.42 Å². The van der Waals surface area contributed by atoms with Crippen molar-refractivity contribution >= 4 is 33.0 Å². The van der Waals surface area contributed by atoms with Gasteiger partial charge in [0.05, 0.1) is 5.41 Å². The molecule has 1 N–H and O–H groups in total. The molecule has 2 aromatic rings. The molecule has 0 atom stereocenters. The summed E-state index contributed by atoms with van der Waals surface area (Å²) >= 11 is 6.15. The van der Waals surface area contributed by atoms with E-state index in [-0.39, 0.29) is 23.2 Å². The minimum atomic E-state index is -3.74. The van der Waals surface area contributed by atoms with Crippen molar-refractivity contribution in [3.05, 3.63) is 47.0 Å². The predicted octanol–water partition coefficient (Wildman–Crippen LogP) is 3.71. The number of nitrogens with zero attached hydrogens (tertiary/aromatic N) is 1. The summed E-state index contributed by atoms with van der Waals surface area (Å²) in [5.74, 6) is -0.229. The van der Waals surface area contributed by atoms with Crippen LogP contribution in [0.5, 0.6) is 11.5 Å². The number of nitrogens with one attached hydrogen (secondary N) is 1. The Morgan fingerprint density at radius 1 is 1.18 bits per heavy atom. The van der Waals surface area contributed by atoms with Gasteiger partial charge in [0.2, 0.25) is 5.91 Å². The number of alkyl halides is 2. The van der Waals surface area contributed by atoms with E-state index in [0.717, 1.165) is 23.6 Å². The first-order valence-electron chi connectivity index (χ1n) is 10.3. The summed E-state index contributed by atoms with van der Waals surface area (Å²) in [6.07, 6.45) is 2.20. The summed E-state index contributed by atoms with van der Waals surface area (Å²) < 4.78 is 58.9. The third-order valence-corrected chi connectivity index (χ3v) is 7.47. The molecule has 0 aliphatic carbocycles. The largest absolute Gasteiger partial charge is 0.492 e. The highest BCUT2D eigenvalue weighted by Crippen LogP contribution is 2.45. The van der Waals surface area contributed by atoms with Crippen molar-refractivity contribution in [2.45, 2.75) is 29.8 Å². The molecule has 1 saturated heterocycles. The van der Waals surface area contributed by atoms with E-state index in [9.17, 15) is 22.0 Å². The highest BCUT2D eigenvalue weighted by atomic mass is 35.5. The first-order chi connectivity index (χ1) is 15.6. The van der Waals surface area contributed by atoms with Crippen LogP contribution >= 0.6 is 11.6 Å². The lowest BCUT2D eigenvalue weighted by Gasteiger charge is -2.38. The summed E-state index contributed by atoms with van der Waals surface area (Å²) in [5, 5.41) is 3.54. The lowest BCUT2D eigenvalue weighted by Crippen LogP contribution is -2.47. The van der Waals surface area contributed by atoms with Gasteiger partial charge in [0.25, 0.3) is 0 Å². The normalized spacial score (nSPS) is 17.8. The number of halogens is 3. The molecule has 1 amide bonds. The van der Waals surface area contributed by atoms with Crippen molar-refractivity contribution in [3.8, 4) is 11.5 Å². The maximum Gasteiger partial charge on any atom is 0.387 e. The minimum Gasteiger partial charge on any atom is -0.492 e. The number of carbonyl (C=O) groups is 1. The van der Waals surface area contributed by atoms with Crippen LogP contribution in [-0.2, 0) is 20.0 Å². The number of benzene rings is 2. The van der Waals surface area contributed by atoms with Crippen LogP contribution in [0.4, 0.5) is 14.5 Å². The third kappa shape index (κ3) is 4.92. The number of sulfone groups is 1. The van der Waals surface area contributed by atoms with Crippen LogP contribution in [0.2, 0.25) is 5.02 Å². The fraction of sp³-hybridized carbons (Fsp3) is 0.409. The molecule has 33 heavy (non-hydrogen) atoms. The number of rotatable bonds is 7. The predicted molar refractivity (Wildman–Crippen MR) is 119 cm³/mol. The van der Waals surface area contributed by atoms with Crippen molar-refractivity contribution in [1.82, 2.24) is 4.90 Å². The molecule has 178 valence electrons. The zero-order valence-electron chi connectivity index (χ0n) is 17.8. The molecule has 0 radical (unpaired) electrons. The lowest BCUT2D eigenvalue weighted by molar-refractivity contribution is -0.122. The Morgan fingerprint density at radius 3 is 2.58 bits per heavy atom. The van der Waals surface area contributed by atoms with Gasteiger partial charge in [-0.2, -0.15) is 8.78 Å². The fourth-order valence-corrected chi connectivity index (χ4v) is 5.37. The van der Waals surface area contributed by atoms with Crippen LogP contribution in [0, 0.1) is 0 Å². The number of likely N-dealkylation sites (tertiary alicyclic amines) is 1. The van der Waals surface area contributed by atoms with Gasteiger partial charge >= 0.3 is 6.61 Å². The van der Waals surface area contributed by atoms with E-state index in [0.29, 0.717) is 37.5 Å². The van der Waals surface area contributed by atoms with E-state index in [1.165, 1.54) is 12.1 Å². The molecule has 1 fully saturated rings. The average Bonchev–Trinajstić information content (AvgIpc) is 2.99. The molecule has 2 heterocycles. The SMILES string of the molecule is CS(=O)(=O)c1ccc(OCCN2CCC3(CC2)C(=O)Nc2ccc(Cl)cc23)cc1OC(F)F. The Balaban J connectivity index is 1.36. The van der Waals surface area contributed by atoms with Crippen LogP contribution in [0.1, 0.15) is 18.4 Å². The maximum atomic E-state index is 12.7. The van der Waals surface area contributed by atoms with Crippen LogP contribution in [0.25, 0.3) is 0 Å². The molecular formula is C22H23ClF2N2O5S. The van der Waals surface area contributed by atoms with Gasteiger partial charge in [0.15, 0.2) is 9.84 Å². The highest BCUT2D eigenvalue weighted by molar-refractivity contribution is 7.90. The molecule has 11 heteroatoms. The molecule has 2 aromatic carbocycles. The molecule has 2 aliphatic heterocycles. The van der Waals surface area contributed by atoms with Gasteiger partial charge in [-0.1, -0.05) is 11.6 Å². The molecule has 0 bridgehead atoms. The van der Waals surface area contributed by atoms with Gasteiger partial charge in [-0.15, -0.1) is 0 Å². The fourth-order valence-electron chi connectivity index (χ4n) is 4.41. The Kier molecular flexibility index (Phi) is 6.52. The number of carbonyl (C=O) groups excluding carboxylic acids is 1. The third-order valence-electron chi connectivity index (χ3n) is 6.10. The lowest BCUT2D eigenvalue weighted by atomic mass is 9.73. The van der Waals surface area contributed by atoms with Gasteiger partial charge in [0, 0.05) is 29.6 Å². The van der Waals surface area contributed by atoms with Gasteiger partial charge in [-0.05, 0) is 61.8 Å². The van der Waals surface area contributed by atoms with Crippen molar-refractivity contribution in [3.63, 3.8) is 0 Å². The minimum absolute atomic E-state index is 0.00630. The molecule has 0 unspecified atom stereocenters. The quantitative estimate of drug-likeness (QED) is 0.624. The Bertz CT molecular complexity index is 1170. The number of amides is 1. The van der Waals surface area contributed by atoms with Gasteiger partial charge in [0.1, 0.15) is 23.0 Å². The summed E-state index contributed by atoms with van der Waals surface area (Å²) in [6, 6.07) is 9.18. The molecule has 2 aliphatic rings. The number of piperidine rings is 1. The summed E-state index contributed by atoms with van der Waals surface area (Å²) in [4.78, 5) is 14.6. The van der Waals surface area contributed by atoms with E-state index in [1.807, 2.05) is 12.1 Å². The van der Waals surface area contributed by atoms with Crippen molar-refractivity contribution in [2.75, 3.05) is 37.8 Å². The monoisotopic (exact) mass is 500 g/mol. The van der Waals surface area contributed by atoms with Gasteiger partial charge in [-0.3, -0.25) is 9.69 Å². The van der Waals surface area contributed by atoms with Crippen LogP contribution in [-0.4, -0.2) is 58.3 Å². The highest BCUT2D eigenvalue weighted by Gasteiger charge is 2.48. The molecule has 0 aromatic heterocycles. The average molecular weight is 501 g/mol. The second-order valence-corrected chi connectivity index (χ2v) is 10.6. The molecule has 0 saturated carbocycles. The van der Waals surface area contributed by atoms with E-state index in [1.54, 1.807) is 6.07 Å². The zero-order chi connectivity index (χ0) is 23.8. The number of hydrogen-bond donors (Lipinski definition) is 1. The number of hydrogen-bond acceptors (Lipinski definition) is 6. The topological polar surface area (TPSA) is 84.9 Å². The summed E-state index contributed by atoms with van der Waals surface area (Å²) in [7, 11) is -3.74. The van der Waals surface area contributed by atoms with Gasteiger partial charge < -0.3 is 14.8 Å². The smallest absolute Gasteiger partial charge is 0.387 e. The zero-order valence-corrected chi connectivity index (χ0v) is 19.4. The van der Waals surface area contributed by atoms with Crippen molar-refractivity contribution < 1.29 is 31.5 Å². The van der Waals surface area contributed by atoms with Crippen molar-refractivity contribution in [2.24, 2.45) is 0 Å². The van der Waals surface area contributed by atoms with E-state index in [4.69, 9.17) is 16.3 Å².